The average Bonchev–Trinajstić information content (AvgIpc) is 2.43. The number of nitrogens with two attached hydrogens (primary N) is 1. The standard InChI is InChI=1S/C14H25N3O2/c1-12(15)14-6-5-13(11-16-14)17(8-10-19-3)7-4-9-18-2/h5-6,11-12H,4,7-10,15H2,1-3H3/t12-/m1/s1. The molecule has 0 amide bonds. The number of methoxy groups -OCH3 is 2. The molecule has 0 aromatic carbocycles. The Kier molecular flexibility index (Phi) is 7.40. The smallest absolute Gasteiger partial charge is 0.0637 e. The summed E-state index contributed by atoms with van der Waals surface area (Å²) in [5, 5.41) is 0. The molecule has 0 unspecified atom stereocenters. The second-order valence-electron chi connectivity index (χ2n) is 4.56. The molecule has 2 N–H and O–H groups in total. The third kappa shape index (κ3) is 5.55. The first kappa shape index (κ1) is 15.9. The molecule has 0 saturated heterocycles. The van der Waals surface area contributed by atoms with E-state index in [1.54, 1.807) is 14.2 Å². The van der Waals surface area contributed by atoms with Crippen molar-refractivity contribution >= 4 is 5.69 Å². The van der Waals surface area contributed by atoms with Crippen LogP contribution in [0.1, 0.15) is 25.1 Å². The summed E-state index contributed by atoms with van der Waals surface area (Å²) in [5.41, 5.74) is 7.81. The van der Waals surface area contributed by atoms with Crippen molar-refractivity contribution < 1.29 is 9.47 Å². The van der Waals surface area contributed by atoms with E-state index in [-0.39, 0.29) is 6.04 Å². The van der Waals surface area contributed by atoms with E-state index < -0.39 is 0 Å². The Hall–Kier alpha value is -1.17. The Labute approximate surface area is 115 Å². The van der Waals surface area contributed by atoms with Crippen LogP contribution in [0.25, 0.3) is 0 Å². The van der Waals surface area contributed by atoms with E-state index >= 15 is 0 Å². The van der Waals surface area contributed by atoms with E-state index in [9.17, 15) is 0 Å². The van der Waals surface area contributed by atoms with Gasteiger partial charge in [0.2, 0.25) is 0 Å². The molecular weight excluding hydrogens is 242 g/mol. The van der Waals surface area contributed by atoms with Crippen molar-refractivity contribution in [1.82, 2.24) is 4.98 Å². The summed E-state index contributed by atoms with van der Waals surface area (Å²) in [6, 6.07) is 4.01. The van der Waals surface area contributed by atoms with Crippen molar-refractivity contribution in [2.45, 2.75) is 19.4 Å². The molecule has 0 aliphatic carbocycles. The van der Waals surface area contributed by atoms with Gasteiger partial charge in [0.15, 0.2) is 0 Å². The Morgan fingerprint density at radius 3 is 2.47 bits per heavy atom. The molecule has 1 aromatic heterocycles. The van der Waals surface area contributed by atoms with Crippen LogP contribution in [0.5, 0.6) is 0 Å². The highest BCUT2D eigenvalue weighted by Gasteiger charge is 2.08. The zero-order chi connectivity index (χ0) is 14.1. The minimum absolute atomic E-state index is 0.0324. The van der Waals surface area contributed by atoms with Crippen LogP contribution in [0.2, 0.25) is 0 Å². The zero-order valence-corrected chi connectivity index (χ0v) is 12.1. The number of hydrogen-bond donors (Lipinski definition) is 1. The molecule has 0 radical (unpaired) electrons. The largest absolute Gasteiger partial charge is 0.385 e. The third-order valence-corrected chi connectivity index (χ3v) is 2.94. The summed E-state index contributed by atoms with van der Waals surface area (Å²) in [6.45, 7) is 5.16. The second kappa shape index (κ2) is 8.85. The first-order valence-electron chi connectivity index (χ1n) is 6.63. The number of ether oxygens (including phenoxy) is 2. The highest BCUT2D eigenvalue weighted by Crippen LogP contribution is 2.15. The fourth-order valence-corrected chi connectivity index (χ4v) is 1.83. The molecule has 19 heavy (non-hydrogen) atoms. The van der Waals surface area contributed by atoms with Gasteiger partial charge in [0.25, 0.3) is 0 Å². The van der Waals surface area contributed by atoms with Crippen LogP contribution < -0.4 is 10.6 Å². The maximum atomic E-state index is 5.81. The average molecular weight is 267 g/mol. The highest BCUT2D eigenvalue weighted by atomic mass is 16.5. The lowest BCUT2D eigenvalue weighted by atomic mass is 10.2. The predicted molar refractivity (Wildman–Crippen MR) is 77.4 cm³/mol. The lowest BCUT2D eigenvalue weighted by Gasteiger charge is -2.24. The quantitative estimate of drug-likeness (QED) is 0.688. The fourth-order valence-electron chi connectivity index (χ4n) is 1.83. The molecule has 1 atom stereocenters. The molecule has 1 aromatic rings. The molecule has 0 bridgehead atoms. The Morgan fingerprint density at radius 2 is 1.95 bits per heavy atom. The van der Waals surface area contributed by atoms with E-state index in [1.807, 2.05) is 19.2 Å². The van der Waals surface area contributed by atoms with Crippen LogP contribution in [-0.4, -0.2) is 45.5 Å². The zero-order valence-electron chi connectivity index (χ0n) is 12.1. The monoisotopic (exact) mass is 267 g/mol. The third-order valence-electron chi connectivity index (χ3n) is 2.94. The van der Waals surface area contributed by atoms with Crippen molar-refractivity contribution in [2.75, 3.05) is 45.4 Å². The Bertz CT molecular complexity index is 341. The van der Waals surface area contributed by atoms with E-state index in [4.69, 9.17) is 15.2 Å². The normalized spacial score (nSPS) is 12.4. The number of hydrogen-bond acceptors (Lipinski definition) is 5. The van der Waals surface area contributed by atoms with E-state index in [1.165, 1.54) is 0 Å². The predicted octanol–water partition coefficient (Wildman–Crippen LogP) is 1.59. The lowest BCUT2D eigenvalue weighted by molar-refractivity contribution is 0.191. The molecule has 1 heterocycles. The lowest BCUT2D eigenvalue weighted by Crippen LogP contribution is -2.29. The van der Waals surface area contributed by atoms with Crippen LogP contribution in [0.4, 0.5) is 5.69 Å². The number of aromatic nitrogens is 1. The summed E-state index contributed by atoms with van der Waals surface area (Å²) < 4.78 is 10.2. The van der Waals surface area contributed by atoms with Crippen molar-refractivity contribution in [3.8, 4) is 0 Å². The highest BCUT2D eigenvalue weighted by molar-refractivity contribution is 5.44. The molecule has 0 fully saturated rings. The van der Waals surface area contributed by atoms with E-state index in [0.717, 1.165) is 37.5 Å². The van der Waals surface area contributed by atoms with Gasteiger partial charge in [0, 0.05) is 40.0 Å². The molecule has 0 spiro atoms. The van der Waals surface area contributed by atoms with Crippen molar-refractivity contribution in [1.29, 1.82) is 0 Å². The van der Waals surface area contributed by atoms with Crippen LogP contribution in [0.15, 0.2) is 18.3 Å². The fraction of sp³-hybridized carbons (Fsp3) is 0.643. The molecular formula is C14H25N3O2. The van der Waals surface area contributed by atoms with Crippen LogP contribution >= 0.6 is 0 Å². The van der Waals surface area contributed by atoms with Crippen LogP contribution in [-0.2, 0) is 9.47 Å². The SMILES string of the molecule is COCCCN(CCOC)c1ccc([C@@H](C)N)nc1. The van der Waals surface area contributed by atoms with Crippen molar-refractivity contribution in [2.24, 2.45) is 5.73 Å². The van der Waals surface area contributed by atoms with Gasteiger partial charge in [-0.1, -0.05) is 0 Å². The molecule has 0 saturated carbocycles. The maximum Gasteiger partial charge on any atom is 0.0637 e. The summed E-state index contributed by atoms with van der Waals surface area (Å²) >= 11 is 0. The van der Waals surface area contributed by atoms with Crippen molar-refractivity contribution in [3.05, 3.63) is 24.0 Å². The number of nitrogens with zero attached hydrogens (tertiary/aromatic N) is 2. The van der Waals surface area contributed by atoms with Gasteiger partial charge in [-0.15, -0.1) is 0 Å². The molecule has 0 aliphatic rings. The first-order chi connectivity index (χ1) is 9.19. The van der Waals surface area contributed by atoms with Crippen molar-refractivity contribution in [3.63, 3.8) is 0 Å². The van der Waals surface area contributed by atoms with Gasteiger partial charge in [-0.25, -0.2) is 0 Å². The molecule has 108 valence electrons. The Balaban J connectivity index is 2.66. The topological polar surface area (TPSA) is 60.6 Å². The summed E-state index contributed by atoms with van der Waals surface area (Å²) in [6.07, 6.45) is 2.86. The molecule has 5 nitrogen and oxygen atoms in total. The maximum absolute atomic E-state index is 5.81. The summed E-state index contributed by atoms with van der Waals surface area (Å²) in [7, 11) is 3.43. The number of anilines is 1. The van der Waals surface area contributed by atoms with Gasteiger partial charge >= 0.3 is 0 Å². The van der Waals surface area contributed by atoms with Gasteiger partial charge in [-0.2, -0.15) is 0 Å². The minimum Gasteiger partial charge on any atom is -0.385 e. The van der Waals surface area contributed by atoms with Gasteiger partial charge in [0.05, 0.1) is 24.2 Å². The summed E-state index contributed by atoms with van der Waals surface area (Å²) in [4.78, 5) is 6.65. The minimum atomic E-state index is -0.0324. The number of rotatable bonds is 9. The van der Waals surface area contributed by atoms with Gasteiger partial charge < -0.3 is 20.1 Å². The second-order valence-corrected chi connectivity index (χ2v) is 4.56. The van der Waals surface area contributed by atoms with Crippen LogP contribution in [0, 0.1) is 0 Å². The molecule has 5 heteroatoms. The van der Waals surface area contributed by atoms with Crippen LogP contribution in [0.3, 0.4) is 0 Å². The summed E-state index contributed by atoms with van der Waals surface area (Å²) in [5.74, 6) is 0. The van der Waals surface area contributed by atoms with Gasteiger partial charge in [0.1, 0.15) is 0 Å². The first-order valence-corrected chi connectivity index (χ1v) is 6.63. The molecule has 0 aliphatic heterocycles. The number of pyridine rings is 1. The van der Waals surface area contributed by atoms with E-state index in [0.29, 0.717) is 6.61 Å². The van der Waals surface area contributed by atoms with Gasteiger partial charge in [-0.3, -0.25) is 4.98 Å². The Morgan fingerprint density at radius 1 is 1.21 bits per heavy atom. The van der Waals surface area contributed by atoms with Gasteiger partial charge in [-0.05, 0) is 25.5 Å². The molecule has 1 rings (SSSR count). The van der Waals surface area contributed by atoms with E-state index in [2.05, 4.69) is 16.0 Å².